The Balaban J connectivity index is 1.02. The normalized spacial score (nSPS) is 11.3. The van der Waals surface area contributed by atoms with Crippen LogP contribution in [0.3, 0.4) is 0 Å². The van der Waals surface area contributed by atoms with Crippen LogP contribution in [-0.2, 0) is 0 Å². The van der Waals surface area contributed by atoms with Gasteiger partial charge in [-0.05, 0) is 46.2 Å². The second-order valence-corrected chi connectivity index (χ2v) is 13.4. The van der Waals surface area contributed by atoms with Gasteiger partial charge in [0.05, 0.1) is 22.4 Å². The molecular formula is C49H31N5. The molecule has 0 saturated carbocycles. The molecule has 0 radical (unpaired) electrons. The summed E-state index contributed by atoms with van der Waals surface area (Å²) in [5, 5.41) is 4.33. The summed E-state index contributed by atoms with van der Waals surface area (Å²) >= 11 is 0. The van der Waals surface area contributed by atoms with Gasteiger partial charge in [-0.25, -0.2) is 24.9 Å². The lowest BCUT2D eigenvalue weighted by Gasteiger charge is -2.11. The molecular weight excluding hydrogens is 659 g/mol. The average Bonchev–Trinajstić information content (AvgIpc) is 3.26. The first-order chi connectivity index (χ1) is 26.7. The lowest BCUT2D eigenvalue weighted by Crippen LogP contribution is -2.00. The minimum absolute atomic E-state index is 0.627. The Morgan fingerprint density at radius 2 is 0.574 bits per heavy atom. The van der Waals surface area contributed by atoms with Gasteiger partial charge in [-0.3, -0.25) is 0 Å². The summed E-state index contributed by atoms with van der Waals surface area (Å²) in [6.45, 7) is 0. The van der Waals surface area contributed by atoms with Gasteiger partial charge < -0.3 is 0 Å². The van der Waals surface area contributed by atoms with Crippen molar-refractivity contribution in [3.05, 3.63) is 188 Å². The highest BCUT2D eigenvalue weighted by atomic mass is 15.0. The zero-order valence-electron chi connectivity index (χ0n) is 29.1. The van der Waals surface area contributed by atoms with Crippen LogP contribution in [0.4, 0.5) is 0 Å². The molecule has 0 aliphatic carbocycles. The van der Waals surface area contributed by atoms with Crippen LogP contribution in [0.25, 0.3) is 100 Å². The lowest BCUT2D eigenvalue weighted by molar-refractivity contribution is 1.07. The largest absolute Gasteiger partial charge is 0.245 e. The molecule has 3 heterocycles. The quantitative estimate of drug-likeness (QED) is 0.163. The van der Waals surface area contributed by atoms with Crippen LogP contribution in [-0.4, -0.2) is 24.9 Å². The molecule has 10 rings (SSSR count). The third-order valence-corrected chi connectivity index (χ3v) is 9.90. The molecule has 252 valence electrons. The van der Waals surface area contributed by atoms with Crippen LogP contribution >= 0.6 is 0 Å². The summed E-state index contributed by atoms with van der Waals surface area (Å²) in [5.74, 6) is 1.90. The van der Waals surface area contributed by atoms with Crippen molar-refractivity contribution in [1.82, 2.24) is 24.9 Å². The van der Waals surface area contributed by atoms with E-state index < -0.39 is 0 Å². The Hall–Kier alpha value is -7.37. The molecule has 3 aromatic heterocycles. The third kappa shape index (κ3) is 5.94. The smallest absolute Gasteiger partial charge is 0.164 e. The first kappa shape index (κ1) is 31.4. The van der Waals surface area contributed by atoms with Gasteiger partial charge in [-0.2, -0.15) is 0 Å². The number of hydrogen-bond acceptors (Lipinski definition) is 5. The third-order valence-electron chi connectivity index (χ3n) is 9.90. The van der Waals surface area contributed by atoms with Crippen molar-refractivity contribution in [2.24, 2.45) is 0 Å². The van der Waals surface area contributed by atoms with E-state index in [1.165, 1.54) is 5.56 Å². The summed E-state index contributed by atoms with van der Waals surface area (Å²) in [4.78, 5) is 25.2. The SMILES string of the molecule is c1ccc(-c2ccc(-c3nc(-c4ccccc4)nc(-c4ccc5cc(-c6ccc7ccc8ccc(-c9ccccc9)nc8c7n6)ccc5c4)n3)cc2)cc1. The lowest BCUT2D eigenvalue weighted by atomic mass is 10.0. The van der Waals surface area contributed by atoms with E-state index in [9.17, 15) is 0 Å². The topological polar surface area (TPSA) is 64.5 Å². The zero-order chi connectivity index (χ0) is 35.8. The summed E-state index contributed by atoms with van der Waals surface area (Å²) in [6, 6.07) is 64.7. The predicted octanol–water partition coefficient (Wildman–Crippen LogP) is 12.1. The first-order valence-electron chi connectivity index (χ1n) is 18.0. The fraction of sp³-hybridized carbons (Fsp3) is 0. The predicted molar refractivity (Wildman–Crippen MR) is 221 cm³/mol. The molecule has 54 heavy (non-hydrogen) atoms. The van der Waals surface area contributed by atoms with Gasteiger partial charge in [-0.1, -0.05) is 164 Å². The number of pyridine rings is 2. The molecule has 0 fully saturated rings. The Labute approximate surface area is 312 Å². The highest BCUT2D eigenvalue weighted by Crippen LogP contribution is 2.32. The fourth-order valence-electron chi connectivity index (χ4n) is 7.04. The maximum Gasteiger partial charge on any atom is 0.164 e. The van der Waals surface area contributed by atoms with Gasteiger partial charge in [0.15, 0.2) is 17.5 Å². The zero-order valence-corrected chi connectivity index (χ0v) is 29.1. The summed E-state index contributed by atoms with van der Waals surface area (Å²) in [5.41, 5.74) is 10.9. The fourth-order valence-corrected chi connectivity index (χ4v) is 7.04. The van der Waals surface area contributed by atoms with Crippen molar-refractivity contribution in [3.8, 4) is 67.8 Å². The molecule has 0 aliphatic heterocycles. The number of aromatic nitrogens is 5. The molecule has 0 spiro atoms. The van der Waals surface area contributed by atoms with Crippen molar-refractivity contribution < 1.29 is 0 Å². The van der Waals surface area contributed by atoms with Crippen molar-refractivity contribution in [2.45, 2.75) is 0 Å². The second kappa shape index (κ2) is 13.3. The summed E-state index contributed by atoms with van der Waals surface area (Å²) in [6.07, 6.45) is 0. The van der Waals surface area contributed by atoms with E-state index in [0.29, 0.717) is 17.5 Å². The van der Waals surface area contributed by atoms with Gasteiger partial charge in [0.25, 0.3) is 0 Å². The second-order valence-electron chi connectivity index (χ2n) is 13.4. The van der Waals surface area contributed by atoms with Crippen molar-refractivity contribution in [3.63, 3.8) is 0 Å². The monoisotopic (exact) mass is 689 g/mol. The number of rotatable bonds is 6. The van der Waals surface area contributed by atoms with Crippen molar-refractivity contribution in [2.75, 3.05) is 0 Å². The molecule has 0 saturated heterocycles. The molecule has 7 aromatic carbocycles. The maximum atomic E-state index is 5.19. The van der Waals surface area contributed by atoms with Crippen LogP contribution in [0.1, 0.15) is 0 Å². The summed E-state index contributed by atoms with van der Waals surface area (Å²) < 4.78 is 0. The Morgan fingerprint density at radius 3 is 1.15 bits per heavy atom. The van der Waals surface area contributed by atoms with Crippen LogP contribution in [0.15, 0.2) is 188 Å². The highest BCUT2D eigenvalue weighted by Gasteiger charge is 2.14. The molecule has 0 N–H and O–H groups in total. The van der Waals surface area contributed by atoms with Crippen LogP contribution in [0.2, 0.25) is 0 Å². The minimum Gasteiger partial charge on any atom is -0.245 e. The molecule has 0 bridgehead atoms. The number of fused-ring (bicyclic) bond motifs is 4. The van der Waals surface area contributed by atoms with Crippen LogP contribution < -0.4 is 0 Å². The molecule has 0 atom stereocenters. The standard InChI is InChI=1S/C49H31N5/c1-4-10-32(11-5-1)33-16-20-38(21-17-33)48-52-47(37-14-8-3-9-15-37)53-49(54-48)42-25-23-39-30-41(24-22-40(39)31-42)44-29-27-36-19-18-35-26-28-43(34-12-6-2-7-13-34)50-45(35)46(36)51-44/h1-31H. The number of hydrogen-bond donors (Lipinski definition) is 0. The van der Waals surface area contributed by atoms with Gasteiger partial charge >= 0.3 is 0 Å². The Kier molecular flexibility index (Phi) is 7.73. The van der Waals surface area contributed by atoms with E-state index in [0.717, 1.165) is 77.3 Å². The van der Waals surface area contributed by atoms with E-state index >= 15 is 0 Å². The van der Waals surface area contributed by atoms with Gasteiger partial charge in [0, 0.05) is 38.6 Å². The van der Waals surface area contributed by atoms with Gasteiger partial charge in [-0.15, -0.1) is 0 Å². The van der Waals surface area contributed by atoms with E-state index in [1.807, 2.05) is 54.6 Å². The van der Waals surface area contributed by atoms with Gasteiger partial charge in [0.1, 0.15) is 0 Å². The molecule has 10 aromatic rings. The molecule has 0 aliphatic rings. The van der Waals surface area contributed by atoms with Gasteiger partial charge in [0.2, 0.25) is 0 Å². The maximum absolute atomic E-state index is 5.19. The molecule has 5 heteroatoms. The van der Waals surface area contributed by atoms with Crippen LogP contribution in [0.5, 0.6) is 0 Å². The van der Waals surface area contributed by atoms with E-state index in [-0.39, 0.29) is 0 Å². The average molecular weight is 690 g/mol. The van der Waals surface area contributed by atoms with E-state index in [4.69, 9.17) is 24.9 Å². The highest BCUT2D eigenvalue weighted by molar-refractivity contribution is 6.04. The number of benzene rings is 7. The van der Waals surface area contributed by atoms with Crippen molar-refractivity contribution in [1.29, 1.82) is 0 Å². The molecule has 5 nitrogen and oxygen atoms in total. The molecule has 0 unspecified atom stereocenters. The van der Waals surface area contributed by atoms with Crippen molar-refractivity contribution >= 4 is 32.6 Å². The first-order valence-corrected chi connectivity index (χ1v) is 18.0. The van der Waals surface area contributed by atoms with E-state index in [2.05, 4.69) is 133 Å². The minimum atomic E-state index is 0.627. The Bertz CT molecular complexity index is 2960. The molecule has 0 amide bonds. The number of nitrogens with zero attached hydrogens (tertiary/aromatic N) is 5. The summed E-state index contributed by atoms with van der Waals surface area (Å²) in [7, 11) is 0. The Morgan fingerprint density at radius 1 is 0.222 bits per heavy atom. The van der Waals surface area contributed by atoms with Crippen LogP contribution in [0, 0.1) is 0 Å². The van der Waals surface area contributed by atoms with E-state index in [1.54, 1.807) is 0 Å².